The molecule has 1 fully saturated rings. The van der Waals surface area contributed by atoms with E-state index in [2.05, 4.69) is 0 Å². The molecular formula is C22H23N3O4. The summed E-state index contributed by atoms with van der Waals surface area (Å²) in [6.07, 6.45) is 0.324. The monoisotopic (exact) mass is 393 g/mol. The summed E-state index contributed by atoms with van der Waals surface area (Å²) in [5.74, 6) is 0.942. The molecule has 2 aromatic carbocycles. The van der Waals surface area contributed by atoms with Crippen LogP contribution in [0.3, 0.4) is 0 Å². The standard InChI is InChI=1S/C22H23N3O4/c1-3-29-21(27)14-25-17-9-5-4-8-16(17)23-22(25)15-12-20(26)24(13-15)18-10-6-7-11-19(18)28-2/h4-11,15H,3,12-14H2,1-2H3/t15-/m1/s1. The van der Waals surface area contributed by atoms with Gasteiger partial charge in [-0.2, -0.15) is 0 Å². The lowest BCUT2D eigenvalue weighted by molar-refractivity contribution is -0.143. The lowest BCUT2D eigenvalue weighted by Gasteiger charge is -2.19. The van der Waals surface area contributed by atoms with Gasteiger partial charge in [0.25, 0.3) is 0 Å². The summed E-state index contributed by atoms with van der Waals surface area (Å²) < 4.78 is 12.4. The van der Waals surface area contributed by atoms with Crippen LogP contribution >= 0.6 is 0 Å². The summed E-state index contributed by atoms with van der Waals surface area (Å²) in [6, 6.07) is 15.1. The number of methoxy groups -OCH3 is 1. The fourth-order valence-corrected chi connectivity index (χ4v) is 3.87. The molecule has 0 unspecified atom stereocenters. The second-order valence-electron chi connectivity index (χ2n) is 6.93. The molecular weight excluding hydrogens is 370 g/mol. The molecule has 0 bridgehead atoms. The molecule has 29 heavy (non-hydrogen) atoms. The van der Waals surface area contributed by atoms with Gasteiger partial charge in [-0.1, -0.05) is 24.3 Å². The molecule has 1 aromatic heterocycles. The van der Waals surface area contributed by atoms with Crippen LogP contribution in [-0.2, 0) is 20.9 Å². The lowest BCUT2D eigenvalue weighted by Crippen LogP contribution is -2.25. The number of imidazole rings is 1. The Labute approximate surface area is 168 Å². The van der Waals surface area contributed by atoms with Crippen LogP contribution in [-0.4, -0.2) is 41.7 Å². The maximum Gasteiger partial charge on any atom is 0.326 e. The summed E-state index contributed by atoms with van der Waals surface area (Å²) in [7, 11) is 1.59. The largest absolute Gasteiger partial charge is 0.495 e. The van der Waals surface area contributed by atoms with E-state index in [-0.39, 0.29) is 24.3 Å². The molecule has 1 atom stereocenters. The van der Waals surface area contributed by atoms with Crippen LogP contribution < -0.4 is 9.64 Å². The maximum atomic E-state index is 12.8. The second-order valence-corrected chi connectivity index (χ2v) is 6.93. The van der Waals surface area contributed by atoms with Crippen LogP contribution in [0.4, 0.5) is 5.69 Å². The highest BCUT2D eigenvalue weighted by Crippen LogP contribution is 2.37. The summed E-state index contributed by atoms with van der Waals surface area (Å²) in [6.45, 7) is 2.66. The van der Waals surface area contributed by atoms with Gasteiger partial charge >= 0.3 is 5.97 Å². The minimum Gasteiger partial charge on any atom is -0.495 e. The van der Waals surface area contributed by atoms with E-state index < -0.39 is 0 Å². The minimum absolute atomic E-state index is 0.00856. The number of rotatable bonds is 6. The first-order valence-corrected chi connectivity index (χ1v) is 9.66. The average molecular weight is 393 g/mol. The average Bonchev–Trinajstić information content (AvgIpc) is 3.29. The highest BCUT2D eigenvalue weighted by molar-refractivity contribution is 5.98. The van der Waals surface area contributed by atoms with E-state index in [0.717, 1.165) is 22.5 Å². The van der Waals surface area contributed by atoms with Crippen molar-refractivity contribution in [3.63, 3.8) is 0 Å². The summed E-state index contributed by atoms with van der Waals surface area (Å²) in [4.78, 5) is 31.5. The Hall–Kier alpha value is -3.35. The molecule has 1 aliphatic rings. The van der Waals surface area contributed by atoms with Crippen molar-refractivity contribution < 1.29 is 19.1 Å². The number of ether oxygens (including phenoxy) is 2. The number of aromatic nitrogens is 2. The number of nitrogens with zero attached hydrogens (tertiary/aromatic N) is 3. The number of anilines is 1. The van der Waals surface area contributed by atoms with E-state index in [1.807, 2.05) is 53.1 Å². The quantitative estimate of drug-likeness (QED) is 0.602. The van der Waals surface area contributed by atoms with E-state index in [9.17, 15) is 9.59 Å². The highest BCUT2D eigenvalue weighted by Gasteiger charge is 2.36. The predicted molar refractivity (Wildman–Crippen MR) is 109 cm³/mol. The third-order valence-electron chi connectivity index (χ3n) is 5.14. The van der Waals surface area contributed by atoms with Crippen LogP contribution in [0.1, 0.15) is 25.1 Å². The minimum atomic E-state index is -0.317. The molecule has 7 heteroatoms. The number of carbonyl (C=O) groups excluding carboxylic acids is 2. The highest BCUT2D eigenvalue weighted by atomic mass is 16.5. The molecule has 0 radical (unpaired) electrons. The Bertz CT molecular complexity index is 1060. The van der Waals surface area contributed by atoms with Gasteiger partial charge in [0.05, 0.1) is 30.4 Å². The first-order chi connectivity index (χ1) is 14.1. The Morgan fingerprint density at radius 3 is 2.72 bits per heavy atom. The molecule has 150 valence electrons. The molecule has 0 aliphatic carbocycles. The van der Waals surface area contributed by atoms with E-state index in [1.54, 1.807) is 18.9 Å². The first kappa shape index (κ1) is 19.0. The molecule has 3 aromatic rings. The third-order valence-corrected chi connectivity index (χ3v) is 5.14. The van der Waals surface area contributed by atoms with Crippen LogP contribution in [0.5, 0.6) is 5.75 Å². The molecule has 1 amide bonds. The van der Waals surface area contributed by atoms with Gasteiger partial charge in [0.15, 0.2) is 0 Å². The smallest absolute Gasteiger partial charge is 0.326 e. The van der Waals surface area contributed by atoms with Crippen molar-refractivity contribution in [2.24, 2.45) is 0 Å². The fraction of sp³-hybridized carbons (Fsp3) is 0.318. The topological polar surface area (TPSA) is 73.7 Å². The van der Waals surface area contributed by atoms with Crippen molar-refractivity contribution >= 4 is 28.6 Å². The van der Waals surface area contributed by atoms with Crippen molar-refractivity contribution in [1.29, 1.82) is 0 Å². The van der Waals surface area contributed by atoms with Gasteiger partial charge in [0, 0.05) is 18.9 Å². The van der Waals surface area contributed by atoms with Crippen LogP contribution in [0.15, 0.2) is 48.5 Å². The van der Waals surface area contributed by atoms with Gasteiger partial charge in [-0.15, -0.1) is 0 Å². The number of hydrogen-bond acceptors (Lipinski definition) is 5. The summed E-state index contributed by atoms with van der Waals surface area (Å²) >= 11 is 0. The van der Waals surface area contributed by atoms with Gasteiger partial charge in [0.1, 0.15) is 18.1 Å². The van der Waals surface area contributed by atoms with E-state index in [1.165, 1.54) is 0 Å². The van der Waals surface area contributed by atoms with Gasteiger partial charge in [0.2, 0.25) is 5.91 Å². The van der Waals surface area contributed by atoms with Gasteiger partial charge in [-0.05, 0) is 31.2 Å². The first-order valence-electron chi connectivity index (χ1n) is 9.66. The van der Waals surface area contributed by atoms with Crippen molar-refractivity contribution in [2.45, 2.75) is 25.8 Å². The van der Waals surface area contributed by atoms with Gasteiger partial charge < -0.3 is 18.9 Å². The molecule has 0 N–H and O–H groups in total. The van der Waals surface area contributed by atoms with Crippen LogP contribution in [0.2, 0.25) is 0 Å². The second kappa shape index (κ2) is 7.95. The SMILES string of the molecule is CCOC(=O)Cn1c([C@@H]2CC(=O)N(c3ccccc3OC)C2)nc2ccccc21. The normalized spacial score (nSPS) is 16.4. The number of benzene rings is 2. The van der Waals surface area contributed by atoms with Gasteiger partial charge in [-0.3, -0.25) is 9.59 Å². The molecule has 4 rings (SSSR count). The zero-order valence-electron chi connectivity index (χ0n) is 16.5. The van der Waals surface area contributed by atoms with E-state index in [0.29, 0.717) is 25.3 Å². The zero-order chi connectivity index (χ0) is 20.4. The van der Waals surface area contributed by atoms with Crippen molar-refractivity contribution in [2.75, 3.05) is 25.2 Å². The molecule has 2 heterocycles. The number of carbonyl (C=O) groups is 2. The maximum absolute atomic E-state index is 12.8. The Balaban J connectivity index is 1.70. The predicted octanol–water partition coefficient (Wildman–Crippen LogP) is 3.13. The molecule has 7 nitrogen and oxygen atoms in total. The molecule has 1 aliphatic heterocycles. The van der Waals surface area contributed by atoms with E-state index >= 15 is 0 Å². The van der Waals surface area contributed by atoms with Gasteiger partial charge in [-0.25, -0.2) is 4.98 Å². The van der Waals surface area contributed by atoms with Crippen LogP contribution in [0, 0.1) is 0 Å². The fourth-order valence-electron chi connectivity index (χ4n) is 3.87. The zero-order valence-corrected chi connectivity index (χ0v) is 16.5. The van der Waals surface area contributed by atoms with Crippen molar-refractivity contribution in [3.05, 3.63) is 54.4 Å². The number of hydrogen-bond donors (Lipinski definition) is 0. The molecule has 1 saturated heterocycles. The lowest BCUT2D eigenvalue weighted by atomic mass is 10.1. The molecule has 0 saturated carbocycles. The summed E-state index contributed by atoms with van der Waals surface area (Å²) in [5, 5.41) is 0. The summed E-state index contributed by atoms with van der Waals surface area (Å²) in [5.41, 5.74) is 2.41. The van der Waals surface area contributed by atoms with Crippen molar-refractivity contribution in [3.8, 4) is 5.75 Å². The third kappa shape index (κ3) is 3.55. The number of fused-ring (bicyclic) bond motifs is 1. The Morgan fingerprint density at radius 2 is 1.93 bits per heavy atom. The molecule has 0 spiro atoms. The number of amides is 1. The number of para-hydroxylation sites is 4. The van der Waals surface area contributed by atoms with E-state index in [4.69, 9.17) is 14.5 Å². The Kier molecular flexibility index (Phi) is 5.20. The number of esters is 1. The van der Waals surface area contributed by atoms with Crippen LogP contribution in [0.25, 0.3) is 11.0 Å². The van der Waals surface area contributed by atoms with Crippen molar-refractivity contribution in [1.82, 2.24) is 9.55 Å². The Morgan fingerprint density at radius 1 is 1.17 bits per heavy atom.